The summed E-state index contributed by atoms with van der Waals surface area (Å²) < 4.78 is 6.24. The maximum absolute atomic E-state index is 12.3. The average molecular weight is 379 g/mol. The van der Waals surface area contributed by atoms with E-state index in [1.165, 1.54) is 0 Å². The van der Waals surface area contributed by atoms with Crippen molar-refractivity contribution >= 4 is 32.6 Å². The number of halogens is 1. The van der Waals surface area contributed by atoms with Gasteiger partial charge in [-0.1, -0.05) is 22.0 Å². The van der Waals surface area contributed by atoms with Gasteiger partial charge in [0.05, 0.1) is 18.8 Å². The summed E-state index contributed by atoms with van der Waals surface area (Å²) in [5.74, 6) is -0.249. The highest BCUT2D eigenvalue weighted by Gasteiger charge is 2.14. The number of aromatic hydroxyl groups is 1. The predicted octanol–water partition coefficient (Wildman–Crippen LogP) is 2.37. The van der Waals surface area contributed by atoms with Crippen molar-refractivity contribution in [2.24, 2.45) is 0 Å². The summed E-state index contributed by atoms with van der Waals surface area (Å²) in [7, 11) is 0. The Morgan fingerprint density at radius 1 is 1.22 bits per heavy atom. The molecule has 1 fully saturated rings. The second-order valence-electron chi connectivity index (χ2n) is 5.57. The van der Waals surface area contributed by atoms with E-state index in [2.05, 4.69) is 26.1 Å². The smallest absolute Gasteiger partial charge is 0.255 e. The number of carbonyl (C=O) groups is 1. The van der Waals surface area contributed by atoms with E-state index >= 15 is 0 Å². The summed E-state index contributed by atoms with van der Waals surface area (Å²) in [6, 6.07) is 9.08. The van der Waals surface area contributed by atoms with Crippen LogP contribution >= 0.6 is 15.9 Å². The summed E-state index contributed by atoms with van der Waals surface area (Å²) >= 11 is 3.42. The molecule has 0 aliphatic carbocycles. The highest BCUT2D eigenvalue weighted by molar-refractivity contribution is 9.10. The Morgan fingerprint density at radius 3 is 2.78 bits per heavy atom. The van der Waals surface area contributed by atoms with Gasteiger partial charge in [-0.05, 0) is 35.0 Å². The Kier molecular flexibility index (Phi) is 5.15. The van der Waals surface area contributed by atoms with Gasteiger partial charge in [0.15, 0.2) is 0 Å². The van der Waals surface area contributed by atoms with Crippen LogP contribution in [0, 0.1) is 0 Å². The highest BCUT2D eigenvalue weighted by atomic mass is 79.9. The molecule has 3 rings (SSSR count). The Labute approximate surface area is 143 Å². The lowest BCUT2D eigenvalue weighted by molar-refractivity contribution is 0.0383. The molecular weight excluding hydrogens is 360 g/mol. The van der Waals surface area contributed by atoms with E-state index in [1.807, 2.05) is 18.2 Å². The molecule has 0 saturated carbocycles. The van der Waals surface area contributed by atoms with Crippen molar-refractivity contribution < 1.29 is 14.6 Å². The van der Waals surface area contributed by atoms with E-state index in [1.54, 1.807) is 12.1 Å². The van der Waals surface area contributed by atoms with Crippen LogP contribution in [-0.2, 0) is 4.74 Å². The zero-order valence-electron chi connectivity index (χ0n) is 12.7. The Bertz CT molecular complexity index is 714. The molecule has 0 atom stereocenters. The Balaban J connectivity index is 1.66. The zero-order valence-corrected chi connectivity index (χ0v) is 14.3. The molecule has 1 aliphatic heterocycles. The van der Waals surface area contributed by atoms with Crippen LogP contribution in [0.3, 0.4) is 0 Å². The van der Waals surface area contributed by atoms with Gasteiger partial charge >= 0.3 is 0 Å². The molecule has 0 bridgehead atoms. The number of phenolic OH excluding ortho intramolecular Hbond substituents is 1. The van der Waals surface area contributed by atoms with Crippen molar-refractivity contribution in [1.82, 2.24) is 10.2 Å². The molecule has 1 saturated heterocycles. The topological polar surface area (TPSA) is 61.8 Å². The summed E-state index contributed by atoms with van der Waals surface area (Å²) in [5.41, 5.74) is 0.303. The fraction of sp³-hybridized carbons (Fsp3) is 0.353. The second-order valence-corrected chi connectivity index (χ2v) is 6.49. The van der Waals surface area contributed by atoms with E-state index in [4.69, 9.17) is 4.74 Å². The van der Waals surface area contributed by atoms with E-state index in [9.17, 15) is 9.90 Å². The van der Waals surface area contributed by atoms with Gasteiger partial charge in [0.25, 0.3) is 5.91 Å². The molecule has 5 nitrogen and oxygen atoms in total. The average Bonchev–Trinajstić information content (AvgIpc) is 2.55. The number of ether oxygens (including phenoxy) is 1. The van der Waals surface area contributed by atoms with Gasteiger partial charge in [-0.3, -0.25) is 9.69 Å². The summed E-state index contributed by atoms with van der Waals surface area (Å²) in [6.07, 6.45) is 0. The van der Waals surface area contributed by atoms with Gasteiger partial charge in [-0.15, -0.1) is 0 Å². The molecule has 122 valence electrons. The molecule has 23 heavy (non-hydrogen) atoms. The number of hydrogen-bond donors (Lipinski definition) is 2. The minimum Gasteiger partial charge on any atom is -0.507 e. The van der Waals surface area contributed by atoms with Crippen molar-refractivity contribution in [2.45, 2.75) is 0 Å². The first kappa shape index (κ1) is 16.2. The number of fused-ring (bicyclic) bond motifs is 1. The van der Waals surface area contributed by atoms with Crippen molar-refractivity contribution in [3.8, 4) is 5.75 Å². The molecule has 1 amide bonds. The number of rotatable bonds is 4. The van der Waals surface area contributed by atoms with Crippen molar-refractivity contribution in [2.75, 3.05) is 39.4 Å². The van der Waals surface area contributed by atoms with Crippen LogP contribution in [0.2, 0.25) is 0 Å². The third kappa shape index (κ3) is 4.02. The van der Waals surface area contributed by atoms with Gasteiger partial charge in [0, 0.05) is 30.7 Å². The van der Waals surface area contributed by atoms with Crippen LogP contribution in [0.1, 0.15) is 10.4 Å². The third-order valence-corrected chi connectivity index (χ3v) is 4.47. The van der Waals surface area contributed by atoms with Gasteiger partial charge in [-0.25, -0.2) is 0 Å². The monoisotopic (exact) mass is 378 g/mol. The minimum atomic E-state index is -0.252. The first-order valence-electron chi connectivity index (χ1n) is 7.64. The van der Waals surface area contributed by atoms with Crippen LogP contribution in [-0.4, -0.2) is 55.3 Å². The number of nitrogens with zero attached hydrogens (tertiary/aromatic N) is 1. The molecular formula is C17H19BrN2O3. The molecule has 0 aromatic heterocycles. The number of amides is 1. The number of carbonyl (C=O) groups excluding carboxylic acids is 1. The maximum Gasteiger partial charge on any atom is 0.255 e. The van der Waals surface area contributed by atoms with Crippen molar-refractivity contribution in [3.05, 3.63) is 40.4 Å². The number of hydrogen-bond acceptors (Lipinski definition) is 4. The van der Waals surface area contributed by atoms with E-state index < -0.39 is 0 Å². The molecule has 1 aliphatic rings. The lowest BCUT2D eigenvalue weighted by atomic mass is 10.1. The first-order valence-corrected chi connectivity index (χ1v) is 8.43. The number of nitrogens with one attached hydrogen (secondary N) is 1. The van der Waals surface area contributed by atoms with Crippen molar-refractivity contribution in [1.29, 1.82) is 0 Å². The largest absolute Gasteiger partial charge is 0.507 e. The van der Waals surface area contributed by atoms with E-state index in [0.29, 0.717) is 12.1 Å². The minimum absolute atomic E-state index is 0.00342. The Morgan fingerprint density at radius 2 is 2.00 bits per heavy atom. The summed E-state index contributed by atoms with van der Waals surface area (Å²) in [4.78, 5) is 14.6. The predicted molar refractivity (Wildman–Crippen MR) is 92.9 cm³/mol. The molecule has 0 unspecified atom stereocenters. The molecule has 2 aromatic rings. The number of phenols is 1. The summed E-state index contributed by atoms with van der Waals surface area (Å²) in [6.45, 7) is 4.61. The normalized spacial score (nSPS) is 15.7. The van der Waals surface area contributed by atoms with Crippen LogP contribution in [0.4, 0.5) is 0 Å². The molecule has 0 spiro atoms. The van der Waals surface area contributed by atoms with Crippen LogP contribution in [0.5, 0.6) is 5.75 Å². The SMILES string of the molecule is O=C(NCCN1CCOCC1)c1cc2cc(Br)ccc2cc1O. The lowest BCUT2D eigenvalue weighted by Crippen LogP contribution is -2.41. The third-order valence-electron chi connectivity index (χ3n) is 3.98. The summed E-state index contributed by atoms with van der Waals surface area (Å²) in [5, 5.41) is 14.8. The number of morpholine rings is 1. The van der Waals surface area contributed by atoms with Gasteiger partial charge in [0.2, 0.25) is 0 Å². The lowest BCUT2D eigenvalue weighted by Gasteiger charge is -2.26. The quantitative estimate of drug-likeness (QED) is 0.857. The zero-order chi connectivity index (χ0) is 16.2. The molecule has 2 N–H and O–H groups in total. The fourth-order valence-electron chi connectivity index (χ4n) is 2.69. The molecule has 1 heterocycles. The standard InChI is InChI=1S/C17H19BrN2O3/c18-14-2-1-12-11-16(21)15(10-13(12)9-14)17(22)19-3-4-20-5-7-23-8-6-20/h1-2,9-11,21H,3-8H2,(H,19,22). The fourth-order valence-corrected chi connectivity index (χ4v) is 3.06. The van der Waals surface area contributed by atoms with Gasteiger partial charge < -0.3 is 15.2 Å². The maximum atomic E-state index is 12.3. The van der Waals surface area contributed by atoms with Gasteiger partial charge in [-0.2, -0.15) is 0 Å². The molecule has 2 aromatic carbocycles. The molecule has 0 radical (unpaired) electrons. The molecule has 6 heteroatoms. The number of benzene rings is 2. The highest BCUT2D eigenvalue weighted by Crippen LogP contribution is 2.27. The van der Waals surface area contributed by atoms with Crippen LogP contribution < -0.4 is 5.32 Å². The van der Waals surface area contributed by atoms with E-state index in [-0.39, 0.29) is 11.7 Å². The van der Waals surface area contributed by atoms with Crippen molar-refractivity contribution in [3.63, 3.8) is 0 Å². The van der Waals surface area contributed by atoms with Crippen LogP contribution in [0.15, 0.2) is 34.8 Å². The Hall–Kier alpha value is -1.63. The van der Waals surface area contributed by atoms with E-state index in [0.717, 1.165) is 48.1 Å². The van der Waals surface area contributed by atoms with Crippen LogP contribution in [0.25, 0.3) is 10.8 Å². The van der Waals surface area contributed by atoms with Gasteiger partial charge in [0.1, 0.15) is 5.75 Å². The first-order chi connectivity index (χ1) is 11.1. The second kappa shape index (κ2) is 7.29.